The van der Waals surface area contributed by atoms with E-state index in [9.17, 15) is 26.8 Å². The molecule has 0 saturated heterocycles. The molecule has 166 valence electrons. The first-order valence-corrected chi connectivity index (χ1v) is 10.8. The van der Waals surface area contributed by atoms with Crippen molar-refractivity contribution in [3.63, 3.8) is 0 Å². The molecule has 0 radical (unpaired) electrons. The van der Waals surface area contributed by atoms with Gasteiger partial charge >= 0.3 is 0 Å². The predicted molar refractivity (Wildman–Crippen MR) is 117 cm³/mol. The van der Waals surface area contributed by atoms with Gasteiger partial charge in [0.25, 0.3) is 15.9 Å². The predicted octanol–water partition coefficient (Wildman–Crippen LogP) is 4.28. The van der Waals surface area contributed by atoms with Crippen molar-refractivity contribution in [3.8, 4) is 0 Å². The maximum absolute atomic E-state index is 14.0. The second-order valence-corrected chi connectivity index (χ2v) is 8.61. The summed E-state index contributed by atoms with van der Waals surface area (Å²) in [5, 5.41) is 4.90. The Bertz CT molecular complexity index is 1290. The average Bonchev–Trinajstić information content (AvgIpc) is 2.72. The van der Waals surface area contributed by atoms with E-state index >= 15 is 0 Å². The fraction of sp³-hybridized carbons (Fsp3) is 0.0909. The van der Waals surface area contributed by atoms with E-state index in [1.54, 1.807) is 0 Å². The molecule has 0 atom stereocenters. The molecule has 3 rings (SSSR count). The van der Waals surface area contributed by atoms with E-state index in [0.717, 1.165) is 18.2 Å². The maximum Gasteiger partial charge on any atom is 0.261 e. The van der Waals surface area contributed by atoms with Crippen molar-refractivity contribution < 1.29 is 26.8 Å². The Balaban J connectivity index is 1.73. The highest BCUT2D eigenvalue weighted by Crippen LogP contribution is 2.22. The minimum Gasteiger partial charge on any atom is -0.326 e. The highest BCUT2D eigenvalue weighted by Gasteiger charge is 2.16. The Morgan fingerprint density at radius 3 is 2.06 bits per heavy atom. The van der Waals surface area contributed by atoms with Gasteiger partial charge in [-0.1, -0.05) is 0 Å². The molecule has 0 saturated carbocycles. The van der Waals surface area contributed by atoms with Crippen molar-refractivity contribution in [1.82, 2.24) is 0 Å². The summed E-state index contributed by atoms with van der Waals surface area (Å²) < 4.78 is 54.7. The van der Waals surface area contributed by atoms with E-state index in [2.05, 4.69) is 15.4 Å². The summed E-state index contributed by atoms with van der Waals surface area (Å²) in [6.07, 6.45) is 0. The molecule has 7 nitrogen and oxygen atoms in total. The quantitative estimate of drug-likeness (QED) is 0.512. The lowest BCUT2D eigenvalue weighted by Gasteiger charge is -2.11. The fourth-order valence-corrected chi connectivity index (χ4v) is 3.93. The van der Waals surface area contributed by atoms with Crippen LogP contribution in [0.5, 0.6) is 0 Å². The fourth-order valence-electron chi connectivity index (χ4n) is 2.78. The van der Waals surface area contributed by atoms with Gasteiger partial charge in [0.15, 0.2) is 0 Å². The van der Waals surface area contributed by atoms with Crippen LogP contribution >= 0.6 is 0 Å². The Labute approximate surface area is 183 Å². The lowest BCUT2D eigenvalue weighted by molar-refractivity contribution is -0.114. The Morgan fingerprint density at radius 2 is 1.44 bits per heavy atom. The van der Waals surface area contributed by atoms with Gasteiger partial charge in [-0.05, 0) is 73.2 Å². The highest BCUT2D eigenvalue weighted by atomic mass is 32.2. The SMILES string of the molecule is CC(=O)Nc1ccc(F)c(NC(=O)c2ccc(NS(=O)(=O)c3ccc(F)c(C)c3)cc2)c1. The van der Waals surface area contributed by atoms with Gasteiger partial charge in [-0.3, -0.25) is 14.3 Å². The molecule has 0 fully saturated rings. The summed E-state index contributed by atoms with van der Waals surface area (Å²) in [6, 6.07) is 12.6. The molecule has 0 aliphatic carbocycles. The van der Waals surface area contributed by atoms with Gasteiger partial charge in [0.1, 0.15) is 11.6 Å². The van der Waals surface area contributed by atoms with Crippen LogP contribution in [0.4, 0.5) is 25.8 Å². The number of benzene rings is 3. The molecule has 0 aromatic heterocycles. The number of carbonyl (C=O) groups is 2. The summed E-state index contributed by atoms with van der Waals surface area (Å²) in [7, 11) is -3.96. The zero-order valence-electron chi connectivity index (χ0n) is 17.1. The summed E-state index contributed by atoms with van der Waals surface area (Å²) in [5.74, 6) is -2.18. The van der Waals surface area contributed by atoms with Crippen molar-refractivity contribution in [2.75, 3.05) is 15.4 Å². The van der Waals surface area contributed by atoms with Crippen LogP contribution in [0.2, 0.25) is 0 Å². The monoisotopic (exact) mass is 459 g/mol. The number of nitrogens with one attached hydrogen (secondary N) is 3. The number of hydrogen-bond acceptors (Lipinski definition) is 4. The number of rotatable bonds is 6. The minimum absolute atomic E-state index is 0.104. The van der Waals surface area contributed by atoms with Crippen LogP contribution in [-0.2, 0) is 14.8 Å². The molecule has 3 aromatic carbocycles. The number of carbonyl (C=O) groups excluding carboxylic acids is 2. The van der Waals surface area contributed by atoms with E-state index in [-0.39, 0.29) is 33.3 Å². The molecule has 10 heteroatoms. The summed E-state index contributed by atoms with van der Waals surface area (Å²) in [5.41, 5.74) is 0.708. The van der Waals surface area contributed by atoms with Crippen LogP contribution in [0.25, 0.3) is 0 Å². The normalized spacial score (nSPS) is 11.0. The first-order valence-electron chi connectivity index (χ1n) is 9.33. The van der Waals surface area contributed by atoms with Gasteiger partial charge in [-0.15, -0.1) is 0 Å². The molecule has 0 aliphatic heterocycles. The van der Waals surface area contributed by atoms with Gasteiger partial charge in [-0.25, -0.2) is 17.2 Å². The van der Waals surface area contributed by atoms with E-state index < -0.39 is 27.6 Å². The third kappa shape index (κ3) is 5.46. The third-order valence-corrected chi connectivity index (χ3v) is 5.75. The molecule has 0 heterocycles. The molecule has 0 aliphatic rings. The lowest BCUT2D eigenvalue weighted by Crippen LogP contribution is -2.15. The summed E-state index contributed by atoms with van der Waals surface area (Å²) in [4.78, 5) is 23.5. The number of amides is 2. The van der Waals surface area contributed by atoms with Gasteiger partial charge in [0.2, 0.25) is 5.91 Å². The molecule has 3 N–H and O–H groups in total. The smallest absolute Gasteiger partial charge is 0.261 e. The van der Waals surface area contributed by atoms with Crippen molar-refractivity contribution in [1.29, 1.82) is 0 Å². The molecule has 3 aromatic rings. The average molecular weight is 459 g/mol. The van der Waals surface area contributed by atoms with Crippen LogP contribution in [0.3, 0.4) is 0 Å². The third-order valence-electron chi connectivity index (χ3n) is 4.37. The second-order valence-electron chi connectivity index (χ2n) is 6.92. The van der Waals surface area contributed by atoms with Crippen LogP contribution in [0.1, 0.15) is 22.8 Å². The van der Waals surface area contributed by atoms with Gasteiger partial charge < -0.3 is 10.6 Å². The largest absolute Gasteiger partial charge is 0.326 e. The number of aryl methyl sites for hydroxylation is 1. The zero-order chi connectivity index (χ0) is 23.5. The van der Waals surface area contributed by atoms with Crippen molar-refractivity contribution in [2.24, 2.45) is 0 Å². The van der Waals surface area contributed by atoms with Crippen LogP contribution < -0.4 is 15.4 Å². The van der Waals surface area contributed by atoms with E-state index in [4.69, 9.17) is 0 Å². The molecule has 0 unspecified atom stereocenters. The second kappa shape index (κ2) is 9.15. The molecular formula is C22H19F2N3O4S. The first-order chi connectivity index (χ1) is 15.0. The molecular weight excluding hydrogens is 440 g/mol. The standard InChI is InChI=1S/C22H19F2N3O4S/c1-13-11-18(8-10-19(13)23)32(30,31)27-16-5-3-15(4-6-16)22(29)26-21-12-17(25-14(2)28)7-9-20(21)24/h3-12,27H,1-2H3,(H,25,28)(H,26,29). The lowest BCUT2D eigenvalue weighted by atomic mass is 10.2. The molecule has 32 heavy (non-hydrogen) atoms. The van der Waals surface area contributed by atoms with E-state index in [1.807, 2.05) is 0 Å². The van der Waals surface area contributed by atoms with Crippen molar-refractivity contribution in [2.45, 2.75) is 18.7 Å². The first kappa shape index (κ1) is 22.9. The summed E-state index contributed by atoms with van der Waals surface area (Å²) in [6.45, 7) is 2.76. The molecule has 0 bridgehead atoms. The van der Waals surface area contributed by atoms with Crippen LogP contribution in [-0.4, -0.2) is 20.2 Å². The minimum atomic E-state index is -3.96. The Kier molecular flexibility index (Phi) is 6.54. The number of halogens is 2. The Morgan fingerprint density at radius 1 is 0.812 bits per heavy atom. The van der Waals surface area contributed by atoms with Gasteiger partial charge in [-0.2, -0.15) is 0 Å². The maximum atomic E-state index is 14.0. The van der Waals surface area contributed by atoms with Crippen molar-refractivity contribution in [3.05, 3.63) is 83.4 Å². The van der Waals surface area contributed by atoms with E-state index in [0.29, 0.717) is 5.69 Å². The Hall–Kier alpha value is -3.79. The van der Waals surface area contributed by atoms with Crippen molar-refractivity contribution >= 4 is 38.9 Å². The molecule has 0 spiro atoms. The topological polar surface area (TPSA) is 104 Å². The van der Waals surface area contributed by atoms with Gasteiger partial charge in [0.05, 0.1) is 10.6 Å². The molecule has 2 amide bonds. The van der Waals surface area contributed by atoms with Gasteiger partial charge in [0, 0.05) is 23.9 Å². The van der Waals surface area contributed by atoms with Crippen LogP contribution in [0, 0.1) is 18.6 Å². The zero-order valence-corrected chi connectivity index (χ0v) is 17.9. The number of hydrogen-bond donors (Lipinski definition) is 3. The summed E-state index contributed by atoms with van der Waals surface area (Å²) >= 11 is 0. The van der Waals surface area contributed by atoms with Crippen LogP contribution in [0.15, 0.2) is 65.6 Å². The highest BCUT2D eigenvalue weighted by molar-refractivity contribution is 7.92. The number of anilines is 3. The van der Waals surface area contributed by atoms with E-state index in [1.165, 1.54) is 56.3 Å². The number of sulfonamides is 1.